The van der Waals surface area contributed by atoms with Gasteiger partial charge in [-0.1, -0.05) is 68.4 Å². The monoisotopic (exact) mass is 336 g/mol. The van der Waals surface area contributed by atoms with E-state index in [0.29, 0.717) is 11.9 Å². The lowest BCUT2D eigenvalue weighted by Gasteiger charge is -2.11. The van der Waals surface area contributed by atoms with Crippen LogP contribution in [0.3, 0.4) is 0 Å². The quantitative estimate of drug-likeness (QED) is 0.354. The third-order valence-electron chi connectivity index (χ3n) is 4.45. The van der Waals surface area contributed by atoms with Crippen LogP contribution in [-0.4, -0.2) is 5.94 Å². The van der Waals surface area contributed by atoms with Crippen molar-refractivity contribution < 1.29 is 4.74 Å². The van der Waals surface area contributed by atoms with Gasteiger partial charge < -0.3 is 4.74 Å². The van der Waals surface area contributed by atoms with E-state index < -0.39 is 0 Å². The summed E-state index contributed by atoms with van der Waals surface area (Å²) in [4.78, 5) is 0. The first kappa shape index (κ1) is 16.9. The second-order valence-electron chi connectivity index (χ2n) is 6.17. The van der Waals surface area contributed by atoms with Crippen LogP contribution in [0, 0.1) is 0 Å². The predicted octanol–water partition coefficient (Wildman–Crippen LogP) is 6.62. The smallest absolute Gasteiger partial charge is 0.134 e. The average Bonchev–Trinajstić information content (AvgIpc) is 2.65. The van der Waals surface area contributed by atoms with Crippen molar-refractivity contribution in [3.8, 4) is 5.75 Å². The van der Waals surface area contributed by atoms with Crippen molar-refractivity contribution in [2.75, 3.05) is 5.94 Å². The second-order valence-corrected chi connectivity index (χ2v) is 7.10. The standard InChI is InChI=1S/C22H24OS/c1-3-17(2)19-10-12-22(13-11-19)23-16-24-15-18-8-9-20-6-4-5-7-21(20)14-18/h4-14,17H,3,15-16H2,1-2H3. The number of fused-ring (bicyclic) bond motifs is 1. The molecule has 0 aromatic heterocycles. The molecule has 0 saturated heterocycles. The van der Waals surface area contributed by atoms with Crippen LogP contribution < -0.4 is 4.74 Å². The molecule has 0 bridgehead atoms. The third-order valence-corrected chi connectivity index (χ3v) is 5.28. The number of rotatable bonds is 7. The molecule has 1 nitrogen and oxygen atoms in total. The Bertz CT molecular complexity index is 779. The van der Waals surface area contributed by atoms with E-state index in [2.05, 4.69) is 80.6 Å². The normalized spacial score (nSPS) is 12.2. The van der Waals surface area contributed by atoms with Gasteiger partial charge >= 0.3 is 0 Å². The van der Waals surface area contributed by atoms with E-state index in [1.807, 2.05) is 0 Å². The van der Waals surface area contributed by atoms with Crippen molar-refractivity contribution in [3.63, 3.8) is 0 Å². The molecule has 0 heterocycles. The molecule has 2 heteroatoms. The van der Waals surface area contributed by atoms with Crippen molar-refractivity contribution in [2.24, 2.45) is 0 Å². The molecule has 0 aliphatic heterocycles. The molecule has 124 valence electrons. The highest BCUT2D eigenvalue weighted by Crippen LogP contribution is 2.23. The molecule has 0 amide bonds. The number of hydrogen-bond donors (Lipinski definition) is 0. The zero-order valence-electron chi connectivity index (χ0n) is 14.4. The molecule has 3 aromatic rings. The van der Waals surface area contributed by atoms with E-state index in [0.717, 1.165) is 11.5 Å². The first-order valence-corrected chi connectivity index (χ1v) is 9.70. The van der Waals surface area contributed by atoms with Crippen molar-refractivity contribution in [3.05, 3.63) is 77.9 Å². The molecule has 0 saturated carbocycles. The maximum absolute atomic E-state index is 5.85. The maximum atomic E-state index is 5.85. The Kier molecular flexibility index (Phi) is 5.81. The van der Waals surface area contributed by atoms with E-state index in [1.54, 1.807) is 11.8 Å². The lowest BCUT2D eigenvalue weighted by molar-refractivity contribution is 0.392. The second kappa shape index (κ2) is 8.25. The fraction of sp³-hybridized carbons (Fsp3) is 0.273. The number of thioether (sulfide) groups is 1. The Labute approximate surface area is 149 Å². The average molecular weight is 336 g/mol. The van der Waals surface area contributed by atoms with Crippen LogP contribution in [0.4, 0.5) is 0 Å². The first-order valence-electron chi connectivity index (χ1n) is 8.54. The fourth-order valence-corrected chi connectivity index (χ4v) is 3.44. The van der Waals surface area contributed by atoms with E-state index in [1.165, 1.54) is 28.3 Å². The molecule has 1 atom stereocenters. The van der Waals surface area contributed by atoms with Crippen LogP contribution >= 0.6 is 11.8 Å². The van der Waals surface area contributed by atoms with Crippen molar-refractivity contribution >= 4 is 22.5 Å². The fourth-order valence-electron chi connectivity index (χ4n) is 2.73. The number of ether oxygens (including phenoxy) is 1. The summed E-state index contributed by atoms with van der Waals surface area (Å²) in [5.41, 5.74) is 2.73. The topological polar surface area (TPSA) is 9.23 Å². The lowest BCUT2D eigenvalue weighted by atomic mass is 9.99. The minimum Gasteiger partial charge on any atom is -0.483 e. The van der Waals surface area contributed by atoms with Gasteiger partial charge in [-0.2, -0.15) is 0 Å². The van der Waals surface area contributed by atoms with E-state index >= 15 is 0 Å². The summed E-state index contributed by atoms with van der Waals surface area (Å²) in [5, 5.41) is 2.60. The molecule has 24 heavy (non-hydrogen) atoms. The molecule has 0 spiro atoms. The van der Waals surface area contributed by atoms with Gasteiger partial charge in [-0.05, 0) is 46.4 Å². The summed E-state index contributed by atoms with van der Waals surface area (Å²) in [6.45, 7) is 4.48. The van der Waals surface area contributed by atoms with E-state index in [4.69, 9.17) is 4.74 Å². The summed E-state index contributed by atoms with van der Waals surface area (Å²) in [6.07, 6.45) is 1.17. The maximum Gasteiger partial charge on any atom is 0.134 e. The van der Waals surface area contributed by atoms with Crippen LogP contribution in [0.1, 0.15) is 37.3 Å². The van der Waals surface area contributed by atoms with Crippen molar-refractivity contribution in [2.45, 2.75) is 31.9 Å². The summed E-state index contributed by atoms with van der Waals surface area (Å²) in [7, 11) is 0. The van der Waals surface area contributed by atoms with Crippen LogP contribution in [0.2, 0.25) is 0 Å². The molecule has 0 radical (unpaired) electrons. The van der Waals surface area contributed by atoms with Crippen molar-refractivity contribution in [1.29, 1.82) is 0 Å². The Hall–Kier alpha value is -1.93. The molecule has 0 N–H and O–H groups in total. The van der Waals surface area contributed by atoms with E-state index in [9.17, 15) is 0 Å². The largest absolute Gasteiger partial charge is 0.483 e. The molecule has 3 aromatic carbocycles. The Balaban J connectivity index is 1.49. The highest BCUT2D eigenvalue weighted by atomic mass is 32.2. The third kappa shape index (κ3) is 4.33. The van der Waals surface area contributed by atoms with Gasteiger partial charge in [0, 0.05) is 5.75 Å². The highest BCUT2D eigenvalue weighted by Gasteiger charge is 2.03. The predicted molar refractivity (Wildman–Crippen MR) is 106 cm³/mol. The molecular weight excluding hydrogens is 312 g/mol. The zero-order valence-corrected chi connectivity index (χ0v) is 15.2. The SMILES string of the molecule is CCC(C)c1ccc(OCSCc2ccc3ccccc3c2)cc1. The number of hydrogen-bond acceptors (Lipinski definition) is 2. The Morgan fingerprint density at radius 2 is 1.67 bits per heavy atom. The van der Waals surface area contributed by atoms with Gasteiger partial charge in [-0.15, -0.1) is 11.8 Å². The Morgan fingerprint density at radius 3 is 2.42 bits per heavy atom. The molecule has 0 aliphatic rings. The van der Waals surface area contributed by atoms with Crippen LogP contribution in [0.25, 0.3) is 10.8 Å². The van der Waals surface area contributed by atoms with Crippen LogP contribution in [0.5, 0.6) is 5.75 Å². The summed E-state index contributed by atoms with van der Waals surface area (Å²) in [5.74, 6) is 3.21. The molecular formula is C22H24OS. The van der Waals surface area contributed by atoms with Gasteiger partial charge in [0.25, 0.3) is 0 Å². The van der Waals surface area contributed by atoms with Gasteiger partial charge in [0.1, 0.15) is 11.7 Å². The summed E-state index contributed by atoms with van der Waals surface area (Å²) >= 11 is 1.80. The first-order chi connectivity index (χ1) is 11.8. The summed E-state index contributed by atoms with van der Waals surface area (Å²) in [6, 6.07) is 23.7. The molecule has 0 aliphatic carbocycles. The van der Waals surface area contributed by atoms with Crippen molar-refractivity contribution in [1.82, 2.24) is 0 Å². The lowest BCUT2D eigenvalue weighted by Crippen LogP contribution is -1.95. The van der Waals surface area contributed by atoms with Gasteiger partial charge in [0.15, 0.2) is 0 Å². The zero-order chi connectivity index (χ0) is 16.8. The van der Waals surface area contributed by atoms with Crippen LogP contribution in [0.15, 0.2) is 66.7 Å². The van der Waals surface area contributed by atoms with Crippen LogP contribution in [-0.2, 0) is 5.75 Å². The molecule has 1 unspecified atom stereocenters. The van der Waals surface area contributed by atoms with Gasteiger partial charge in [0.2, 0.25) is 0 Å². The molecule has 3 rings (SSSR count). The summed E-state index contributed by atoms with van der Waals surface area (Å²) < 4.78 is 5.85. The van der Waals surface area contributed by atoms with Gasteiger partial charge in [-0.25, -0.2) is 0 Å². The minimum absolute atomic E-state index is 0.612. The molecule has 0 fully saturated rings. The number of benzene rings is 3. The van der Waals surface area contributed by atoms with Gasteiger partial charge in [0.05, 0.1) is 0 Å². The minimum atomic E-state index is 0.612. The highest BCUT2D eigenvalue weighted by molar-refractivity contribution is 7.98. The van der Waals surface area contributed by atoms with Gasteiger partial charge in [-0.3, -0.25) is 0 Å². The Morgan fingerprint density at radius 1 is 0.917 bits per heavy atom. The van der Waals surface area contributed by atoms with E-state index in [-0.39, 0.29) is 0 Å².